The lowest BCUT2D eigenvalue weighted by atomic mass is 10.1. The van der Waals surface area contributed by atoms with Gasteiger partial charge in [-0.2, -0.15) is 0 Å². The molecule has 2 N–H and O–H groups in total. The van der Waals surface area contributed by atoms with Crippen LogP contribution in [0.15, 0.2) is 0 Å². The minimum absolute atomic E-state index is 0.0791. The molecule has 3 rings (SSSR count). The monoisotopic (exact) mass is 223 g/mol. The Morgan fingerprint density at radius 2 is 2.12 bits per heavy atom. The van der Waals surface area contributed by atoms with Gasteiger partial charge in [0.15, 0.2) is 0 Å². The van der Waals surface area contributed by atoms with Gasteiger partial charge in [0.25, 0.3) is 0 Å². The van der Waals surface area contributed by atoms with E-state index in [1.807, 2.05) is 0 Å². The van der Waals surface area contributed by atoms with Crippen molar-refractivity contribution in [3.8, 4) is 0 Å². The van der Waals surface area contributed by atoms with E-state index in [0.717, 1.165) is 25.8 Å². The maximum Gasteiger partial charge on any atom is 0.237 e. The Balaban J connectivity index is 1.56. The predicted molar refractivity (Wildman–Crippen MR) is 62.2 cm³/mol. The summed E-state index contributed by atoms with van der Waals surface area (Å²) in [6, 6.07) is 1.12. The number of nitrogens with one attached hydrogen (secondary N) is 2. The molecule has 3 heterocycles. The van der Waals surface area contributed by atoms with E-state index < -0.39 is 0 Å². The molecule has 3 atom stereocenters. The fraction of sp³-hybridized carbons (Fsp3) is 0.917. The first kappa shape index (κ1) is 10.5. The van der Waals surface area contributed by atoms with Crippen LogP contribution in [-0.2, 0) is 4.79 Å². The average Bonchev–Trinajstić information content (AvgIpc) is 2.94. The van der Waals surface area contributed by atoms with E-state index in [0.29, 0.717) is 12.1 Å². The highest BCUT2D eigenvalue weighted by Crippen LogP contribution is 2.28. The second kappa shape index (κ2) is 4.34. The second-order valence-corrected chi connectivity index (χ2v) is 5.30. The molecule has 90 valence electrons. The quantitative estimate of drug-likeness (QED) is 0.697. The molecule has 0 aliphatic carbocycles. The van der Waals surface area contributed by atoms with Crippen LogP contribution in [0.3, 0.4) is 0 Å². The first-order valence-corrected chi connectivity index (χ1v) is 6.62. The summed E-state index contributed by atoms with van der Waals surface area (Å²) in [6.45, 7) is 3.41. The maximum absolute atomic E-state index is 12.0. The Hall–Kier alpha value is -0.610. The third kappa shape index (κ3) is 1.84. The van der Waals surface area contributed by atoms with Crippen LogP contribution in [0.25, 0.3) is 0 Å². The molecule has 0 radical (unpaired) electrons. The van der Waals surface area contributed by atoms with Crippen molar-refractivity contribution in [1.82, 2.24) is 15.5 Å². The third-order valence-corrected chi connectivity index (χ3v) is 4.31. The molecule has 16 heavy (non-hydrogen) atoms. The number of rotatable bonds is 2. The smallest absolute Gasteiger partial charge is 0.237 e. The largest absolute Gasteiger partial charge is 0.350 e. The van der Waals surface area contributed by atoms with Crippen LogP contribution in [0.1, 0.15) is 32.1 Å². The number of carbonyl (C=O) groups excluding carboxylic acids is 1. The summed E-state index contributed by atoms with van der Waals surface area (Å²) in [5.41, 5.74) is 0. The molecule has 4 heteroatoms. The standard InChI is InChI=1S/C12H21N3O/c16-12(10-3-1-6-13-10)14-9-5-8-15-7-2-4-11(9)15/h9-11,13H,1-8H2,(H,14,16)/t9?,10-,11?/m1/s1. The third-order valence-electron chi connectivity index (χ3n) is 4.31. The molecule has 0 aromatic heterocycles. The zero-order chi connectivity index (χ0) is 11.0. The lowest BCUT2D eigenvalue weighted by Gasteiger charge is -2.22. The Bertz CT molecular complexity index is 275. The number of fused-ring (bicyclic) bond motifs is 1. The van der Waals surface area contributed by atoms with Gasteiger partial charge >= 0.3 is 0 Å². The minimum atomic E-state index is 0.0791. The first-order chi connectivity index (χ1) is 7.84. The normalized spacial score (nSPS) is 38.9. The summed E-state index contributed by atoms with van der Waals surface area (Å²) in [5.74, 6) is 0.233. The van der Waals surface area contributed by atoms with Crippen molar-refractivity contribution in [2.45, 2.75) is 50.2 Å². The highest BCUT2D eigenvalue weighted by atomic mass is 16.2. The summed E-state index contributed by atoms with van der Waals surface area (Å²) in [4.78, 5) is 14.5. The molecule has 0 aromatic rings. The highest BCUT2D eigenvalue weighted by molar-refractivity contribution is 5.82. The van der Waals surface area contributed by atoms with Gasteiger partial charge in [0, 0.05) is 18.6 Å². The Labute approximate surface area is 96.8 Å². The van der Waals surface area contributed by atoms with Gasteiger partial charge in [-0.05, 0) is 45.2 Å². The lowest BCUT2D eigenvalue weighted by molar-refractivity contribution is -0.123. The zero-order valence-corrected chi connectivity index (χ0v) is 9.74. The SMILES string of the molecule is O=C(NC1CCN2CCCC12)[C@H]1CCCN1. The highest BCUT2D eigenvalue weighted by Gasteiger charge is 2.38. The van der Waals surface area contributed by atoms with Crippen molar-refractivity contribution >= 4 is 5.91 Å². The number of hydrogen-bond acceptors (Lipinski definition) is 3. The number of amides is 1. The van der Waals surface area contributed by atoms with E-state index in [4.69, 9.17) is 0 Å². The second-order valence-electron chi connectivity index (χ2n) is 5.30. The van der Waals surface area contributed by atoms with Crippen LogP contribution in [0.5, 0.6) is 0 Å². The van der Waals surface area contributed by atoms with E-state index in [-0.39, 0.29) is 11.9 Å². The first-order valence-electron chi connectivity index (χ1n) is 6.62. The van der Waals surface area contributed by atoms with Crippen LogP contribution in [0.4, 0.5) is 0 Å². The van der Waals surface area contributed by atoms with Crippen LogP contribution < -0.4 is 10.6 Å². The molecular weight excluding hydrogens is 202 g/mol. The molecule has 3 aliphatic heterocycles. The van der Waals surface area contributed by atoms with Crippen LogP contribution in [0.2, 0.25) is 0 Å². The summed E-state index contributed by atoms with van der Waals surface area (Å²) < 4.78 is 0. The average molecular weight is 223 g/mol. The molecule has 4 nitrogen and oxygen atoms in total. The number of carbonyl (C=O) groups is 1. The number of hydrogen-bond donors (Lipinski definition) is 2. The molecule has 0 bridgehead atoms. The molecule has 2 unspecified atom stereocenters. The molecule has 0 saturated carbocycles. The molecule has 0 spiro atoms. The maximum atomic E-state index is 12.0. The van der Waals surface area contributed by atoms with Gasteiger partial charge in [-0.1, -0.05) is 0 Å². The van der Waals surface area contributed by atoms with E-state index in [9.17, 15) is 4.79 Å². The van der Waals surface area contributed by atoms with Gasteiger partial charge in [-0.15, -0.1) is 0 Å². The van der Waals surface area contributed by atoms with Crippen molar-refractivity contribution in [2.24, 2.45) is 0 Å². The van der Waals surface area contributed by atoms with E-state index >= 15 is 0 Å². The van der Waals surface area contributed by atoms with Crippen LogP contribution in [0, 0.1) is 0 Å². The van der Waals surface area contributed by atoms with Gasteiger partial charge < -0.3 is 10.6 Å². The van der Waals surface area contributed by atoms with Crippen molar-refractivity contribution in [3.05, 3.63) is 0 Å². The van der Waals surface area contributed by atoms with Gasteiger partial charge in [0.2, 0.25) is 5.91 Å². The van der Waals surface area contributed by atoms with E-state index in [1.165, 1.54) is 25.9 Å². The fourth-order valence-corrected chi connectivity index (χ4v) is 3.44. The summed E-state index contributed by atoms with van der Waals surface area (Å²) >= 11 is 0. The molecular formula is C12H21N3O. The Kier molecular flexibility index (Phi) is 2.86. The predicted octanol–water partition coefficient (Wildman–Crippen LogP) is 0.0913. The van der Waals surface area contributed by atoms with Gasteiger partial charge in [-0.3, -0.25) is 9.69 Å². The Morgan fingerprint density at radius 1 is 1.19 bits per heavy atom. The minimum Gasteiger partial charge on any atom is -0.350 e. The fourth-order valence-electron chi connectivity index (χ4n) is 3.44. The van der Waals surface area contributed by atoms with E-state index in [1.54, 1.807) is 0 Å². The van der Waals surface area contributed by atoms with Crippen molar-refractivity contribution in [2.75, 3.05) is 19.6 Å². The molecule has 3 aliphatic rings. The van der Waals surface area contributed by atoms with Gasteiger partial charge in [0.1, 0.15) is 0 Å². The molecule has 3 fully saturated rings. The van der Waals surface area contributed by atoms with Crippen molar-refractivity contribution in [1.29, 1.82) is 0 Å². The summed E-state index contributed by atoms with van der Waals surface area (Å²) in [7, 11) is 0. The number of nitrogens with zero attached hydrogens (tertiary/aromatic N) is 1. The van der Waals surface area contributed by atoms with E-state index in [2.05, 4.69) is 15.5 Å². The summed E-state index contributed by atoms with van der Waals surface area (Å²) in [6.07, 6.45) is 5.86. The lowest BCUT2D eigenvalue weighted by Crippen LogP contribution is -2.48. The van der Waals surface area contributed by atoms with Crippen molar-refractivity contribution < 1.29 is 4.79 Å². The zero-order valence-electron chi connectivity index (χ0n) is 9.74. The molecule has 0 aromatic carbocycles. The summed E-state index contributed by atoms with van der Waals surface area (Å²) in [5, 5.41) is 6.51. The Morgan fingerprint density at radius 3 is 2.94 bits per heavy atom. The molecule has 3 saturated heterocycles. The van der Waals surface area contributed by atoms with Crippen LogP contribution >= 0.6 is 0 Å². The van der Waals surface area contributed by atoms with Crippen molar-refractivity contribution in [3.63, 3.8) is 0 Å². The van der Waals surface area contributed by atoms with Crippen LogP contribution in [-0.4, -0.2) is 48.6 Å². The topological polar surface area (TPSA) is 44.4 Å². The molecule has 1 amide bonds. The van der Waals surface area contributed by atoms with Gasteiger partial charge in [-0.25, -0.2) is 0 Å². The van der Waals surface area contributed by atoms with Gasteiger partial charge in [0.05, 0.1) is 6.04 Å².